The Morgan fingerprint density at radius 2 is 1.89 bits per heavy atom. The first-order valence-electron chi connectivity index (χ1n) is 8.79. The lowest BCUT2D eigenvalue weighted by Gasteiger charge is -2.12. The maximum atomic E-state index is 12.0. The van der Waals surface area contributed by atoms with Gasteiger partial charge in [-0.05, 0) is 42.2 Å². The Kier molecular flexibility index (Phi) is 5.86. The molecule has 1 aromatic heterocycles. The van der Waals surface area contributed by atoms with E-state index in [1.807, 2.05) is 49.4 Å². The molecule has 0 atom stereocenters. The molecular weight excluding hydrogens is 344 g/mol. The van der Waals surface area contributed by atoms with Crippen LogP contribution in [-0.2, 0) is 16.1 Å². The summed E-state index contributed by atoms with van der Waals surface area (Å²) in [5, 5.41) is 7.85. The van der Waals surface area contributed by atoms with Gasteiger partial charge in [-0.3, -0.25) is 0 Å². The van der Waals surface area contributed by atoms with Gasteiger partial charge < -0.3 is 13.9 Å². The van der Waals surface area contributed by atoms with E-state index in [2.05, 4.69) is 30.1 Å². The van der Waals surface area contributed by atoms with Crippen LogP contribution in [0.15, 0.2) is 52.9 Å². The maximum Gasteiger partial charge on any atom is 0.344 e. The fraction of sp³-hybridized carbons (Fsp3) is 0.286. The molecule has 27 heavy (non-hydrogen) atoms. The van der Waals surface area contributed by atoms with E-state index in [4.69, 9.17) is 13.9 Å². The highest BCUT2D eigenvalue weighted by Crippen LogP contribution is 2.24. The van der Waals surface area contributed by atoms with E-state index < -0.39 is 5.97 Å². The Bertz CT molecular complexity index is 904. The van der Waals surface area contributed by atoms with Crippen molar-refractivity contribution < 1.29 is 18.7 Å². The third-order valence-electron chi connectivity index (χ3n) is 4.07. The van der Waals surface area contributed by atoms with Crippen molar-refractivity contribution in [3.05, 3.63) is 65.5 Å². The lowest BCUT2D eigenvalue weighted by atomic mass is 10.0. The Hall–Kier alpha value is -3.15. The molecule has 0 amide bonds. The van der Waals surface area contributed by atoms with Crippen LogP contribution in [0, 0.1) is 6.92 Å². The van der Waals surface area contributed by atoms with Crippen LogP contribution in [0.3, 0.4) is 0 Å². The summed E-state index contributed by atoms with van der Waals surface area (Å²) in [7, 11) is 0. The summed E-state index contributed by atoms with van der Waals surface area (Å²) in [5.74, 6) is 1.20. The van der Waals surface area contributed by atoms with Crippen molar-refractivity contribution in [2.75, 3.05) is 6.61 Å². The van der Waals surface area contributed by atoms with Gasteiger partial charge in [0, 0.05) is 5.56 Å². The molecule has 0 aliphatic carbocycles. The summed E-state index contributed by atoms with van der Waals surface area (Å²) < 4.78 is 16.3. The summed E-state index contributed by atoms with van der Waals surface area (Å²) in [6.07, 6.45) is 0. The zero-order valence-corrected chi connectivity index (χ0v) is 15.6. The molecule has 0 radical (unpaired) electrons. The first kappa shape index (κ1) is 18.6. The number of benzene rings is 2. The predicted molar refractivity (Wildman–Crippen MR) is 100 cm³/mol. The number of ether oxygens (including phenoxy) is 2. The summed E-state index contributed by atoms with van der Waals surface area (Å²) in [6.45, 7) is 5.89. The number of aryl methyl sites for hydroxylation is 1. The van der Waals surface area contributed by atoms with Crippen LogP contribution in [0.4, 0.5) is 0 Å². The quantitative estimate of drug-likeness (QED) is 0.581. The van der Waals surface area contributed by atoms with Crippen molar-refractivity contribution in [3.63, 3.8) is 0 Å². The van der Waals surface area contributed by atoms with Gasteiger partial charge in [0.1, 0.15) is 5.75 Å². The molecule has 0 saturated carbocycles. The molecule has 1 heterocycles. The van der Waals surface area contributed by atoms with Gasteiger partial charge in [-0.15, -0.1) is 10.2 Å². The summed E-state index contributed by atoms with van der Waals surface area (Å²) in [5.41, 5.74) is 2.94. The SMILES string of the molecule is Cc1ccc(C(C)C)cc1OCC(=O)OCc1nnc(-c2ccccc2)o1. The van der Waals surface area contributed by atoms with E-state index in [0.29, 0.717) is 17.6 Å². The van der Waals surface area contributed by atoms with E-state index in [9.17, 15) is 4.79 Å². The van der Waals surface area contributed by atoms with Gasteiger partial charge in [-0.25, -0.2) is 4.79 Å². The lowest BCUT2D eigenvalue weighted by molar-refractivity contribution is -0.148. The van der Waals surface area contributed by atoms with Crippen molar-refractivity contribution in [2.24, 2.45) is 0 Å². The number of esters is 1. The molecule has 3 aromatic rings. The molecule has 0 aliphatic heterocycles. The van der Waals surface area contributed by atoms with Crippen LogP contribution >= 0.6 is 0 Å². The molecular formula is C21H22N2O4. The van der Waals surface area contributed by atoms with Crippen molar-refractivity contribution in [3.8, 4) is 17.2 Å². The summed E-state index contributed by atoms with van der Waals surface area (Å²) in [4.78, 5) is 12.0. The highest BCUT2D eigenvalue weighted by molar-refractivity contribution is 5.71. The number of rotatable bonds is 7. The third kappa shape index (κ3) is 4.94. The van der Waals surface area contributed by atoms with Crippen LogP contribution in [-0.4, -0.2) is 22.8 Å². The standard InChI is InChI=1S/C21H22N2O4/c1-14(2)17-10-9-15(3)18(11-17)25-13-20(24)26-12-19-22-23-21(27-19)16-7-5-4-6-8-16/h4-11,14H,12-13H2,1-3H3. The van der Waals surface area contributed by atoms with E-state index in [1.54, 1.807) is 0 Å². The van der Waals surface area contributed by atoms with Gasteiger partial charge >= 0.3 is 5.97 Å². The van der Waals surface area contributed by atoms with Crippen molar-refractivity contribution in [2.45, 2.75) is 33.3 Å². The van der Waals surface area contributed by atoms with Gasteiger partial charge in [-0.2, -0.15) is 0 Å². The second-order valence-electron chi connectivity index (χ2n) is 6.50. The van der Waals surface area contributed by atoms with E-state index in [0.717, 1.165) is 16.7 Å². The number of nitrogens with zero attached hydrogens (tertiary/aromatic N) is 2. The van der Waals surface area contributed by atoms with Crippen molar-refractivity contribution in [1.82, 2.24) is 10.2 Å². The van der Waals surface area contributed by atoms with Crippen LogP contribution < -0.4 is 4.74 Å². The normalized spacial score (nSPS) is 10.8. The first-order valence-corrected chi connectivity index (χ1v) is 8.79. The molecule has 0 saturated heterocycles. The van der Waals surface area contributed by atoms with Crippen molar-refractivity contribution >= 4 is 5.97 Å². The molecule has 3 rings (SSSR count). The third-order valence-corrected chi connectivity index (χ3v) is 4.07. The first-order chi connectivity index (χ1) is 13.0. The molecule has 6 nitrogen and oxygen atoms in total. The topological polar surface area (TPSA) is 74.5 Å². The minimum Gasteiger partial charge on any atom is -0.482 e. The molecule has 0 bridgehead atoms. The highest BCUT2D eigenvalue weighted by atomic mass is 16.6. The number of hydrogen-bond donors (Lipinski definition) is 0. The van der Waals surface area contributed by atoms with Crippen molar-refractivity contribution in [1.29, 1.82) is 0 Å². The van der Waals surface area contributed by atoms with E-state index >= 15 is 0 Å². The fourth-order valence-electron chi connectivity index (χ4n) is 2.46. The zero-order chi connectivity index (χ0) is 19.2. The van der Waals surface area contributed by atoms with Crippen LogP contribution in [0.1, 0.15) is 36.8 Å². The van der Waals surface area contributed by atoms with Gasteiger partial charge in [0.15, 0.2) is 13.2 Å². The largest absolute Gasteiger partial charge is 0.482 e. The monoisotopic (exact) mass is 366 g/mol. The smallest absolute Gasteiger partial charge is 0.344 e. The molecule has 0 aliphatic rings. The molecule has 6 heteroatoms. The molecule has 0 unspecified atom stereocenters. The molecule has 0 fully saturated rings. The predicted octanol–water partition coefficient (Wildman–Crippen LogP) is 4.29. The van der Waals surface area contributed by atoms with Gasteiger partial charge in [0.05, 0.1) is 0 Å². The van der Waals surface area contributed by atoms with Crippen LogP contribution in [0.2, 0.25) is 0 Å². The molecule has 0 spiro atoms. The maximum absolute atomic E-state index is 12.0. The second-order valence-corrected chi connectivity index (χ2v) is 6.50. The average Bonchev–Trinajstić information content (AvgIpc) is 3.15. The number of carbonyl (C=O) groups excluding carboxylic acids is 1. The number of aromatic nitrogens is 2. The molecule has 0 N–H and O–H groups in total. The van der Waals surface area contributed by atoms with E-state index in [1.165, 1.54) is 0 Å². The zero-order valence-electron chi connectivity index (χ0n) is 15.6. The van der Waals surface area contributed by atoms with Crippen LogP contribution in [0.25, 0.3) is 11.5 Å². The second kappa shape index (κ2) is 8.49. The Labute approximate surface area is 158 Å². The summed E-state index contributed by atoms with van der Waals surface area (Å²) >= 11 is 0. The lowest BCUT2D eigenvalue weighted by Crippen LogP contribution is -2.15. The Morgan fingerprint density at radius 1 is 1.11 bits per heavy atom. The number of hydrogen-bond acceptors (Lipinski definition) is 6. The molecule has 140 valence electrons. The minimum atomic E-state index is -0.496. The average molecular weight is 366 g/mol. The van der Waals surface area contributed by atoms with Gasteiger partial charge in [0.25, 0.3) is 5.89 Å². The van der Waals surface area contributed by atoms with Gasteiger partial charge in [-0.1, -0.05) is 44.2 Å². The highest BCUT2D eigenvalue weighted by Gasteiger charge is 2.12. The summed E-state index contributed by atoms with van der Waals surface area (Å²) in [6, 6.07) is 15.4. The Balaban J connectivity index is 1.52. The number of carbonyl (C=O) groups is 1. The fourth-order valence-corrected chi connectivity index (χ4v) is 2.46. The Morgan fingerprint density at radius 3 is 2.63 bits per heavy atom. The van der Waals surface area contributed by atoms with Gasteiger partial charge in [0.2, 0.25) is 5.89 Å². The van der Waals surface area contributed by atoms with Crippen LogP contribution in [0.5, 0.6) is 5.75 Å². The van der Waals surface area contributed by atoms with E-state index in [-0.39, 0.29) is 19.1 Å². The molecule has 2 aromatic carbocycles. The minimum absolute atomic E-state index is 0.0902.